The molecule has 0 spiro atoms. The van der Waals surface area contributed by atoms with Gasteiger partial charge in [-0.25, -0.2) is 9.78 Å². The normalized spacial score (nSPS) is 13.4. The van der Waals surface area contributed by atoms with E-state index in [9.17, 15) is 9.59 Å². The van der Waals surface area contributed by atoms with Crippen LogP contribution in [-0.4, -0.2) is 62.2 Å². The van der Waals surface area contributed by atoms with Crippen molar-refractivity contribution in [1.82, 2.24) is 9.88 Å². The highest BCUT2D eigenvalue weighted by Crippen LogP contribution is 2.27. The third kappa shape index (κ3) is 5.23. The van der Waals surface area contributed by atoms with Gasteiger partial charge < -0.3 is 24.6 Å². The maximum absolute atomic E-state index is 13.1. The monoisotopic (exact) mass is 481 g/mol. The van der Waals surface area contributed by atoms with Crippen molar-refractivity contribution in [1.29, 1.82) is 0 Å². The minimum absolute atomic E-state index is 0.0671. The van der Waals surface area contributed by atoms with Gasteiger partial charge in [0.05, 0.1) is 25.6 Å². The molecule has 1 fully saturated rings. The van der Waals surface area contributed by atoms with E-state index in [1.807, 2.05) is 35.2 Å². The van der Waals surface area contributed by atoms with Crippen molar-refractivity contribution in [2.24, 2.45) is 0 Å². The Morgan fingerprint density at radius 1 is 0.941 bits per heavy atom. The minimum atomic E-state index is -0.453. The summed E-state index contributed by atoms with van der Waals surface area (Å²) in [5.41, 5.74) is 2.25. The molecule has 10 heteroatoms. The van der Waals surface area contributed by atoms with Crippen LogP contribution in [0.25, 0.3) is 0 Å². The molecule has 0 atom stereocenters. The number of amides is 3. The molecule has 178 valence electrons. The van der Waals surface area contributed by atoms with Crippen molar-refractivity contribution in [2.75, 3.05) is 55.9 Å². The van der Waals surface area contributed by atoms with E-state index in [4.69, 9.17) is 9.47 Å². The third-order valence-corrected chi connectivity index (χ3v) is 6.63. The number of thiazole rings is 1. The summed E-state index contributed by atoms with van der Waals surface area (Å²) < 4.78 is 10.5. The number of hydrogen-bond donors (Lipinski definition) is 2. The molecule has 1 aromatic heterocycles. The van der Waals surface area contributed by atoms with E-state index in [0.29, 0.717) is 40.2 Å². The first-order valence-electron chi connectivity index (χ1n) is 10.8. The van der Waals surface area contributed by atoms with Crippen LogP contribution < -0.4 is 25.0 Å². The van der Waals surface area contributed by atoms with Gasteiger partial charge in [0.2, 0.25) is 0 Å². The van der Waals surface area contributed by atoms with Gasteiger partial charge in [0, 0.05) is 31.9 Å². The second-order valence-electron chi connectivity index (χ2n) is 7.69. The molecule has 0 aliphatic carbocycles. The highest BCUT2D eigenvalue weighted by Gasteiger charge is 2.26. The van der Waals surface area contributed by atoms with E-state index in [0.717, 1.165) is 24.5 Å². The van der Waals surface area contributed by atoms with E-state index >= 15 is 0 Å². The minimum Gasteiger partial charge on any atom is -0.497 e. The van der Waals surface area contributed by atoms with E-state index in [1.54, 1.807) is 32.2 Å². The fraction of sp³-hybridized carbons (Fsp3) is 0.292. The first-order chi connectivity index (χ1) is 16.5. The highest BCUT2D eigenvalue weighted by atomic mass is 32.1. The van der Waals surface area contributed by atoms with Gasteiger partial charge in [0.15, 0.2) is 5.13 Å². The van der Waals surface area contributed by atoms with Crippen molar-refractivity contribution >= 4 is 39.8 Å². The first-order valence-corrected chi connectivity index (χ1v) is 11.7. The summed E-state index contributed by atoms with van der Waals surface area (Å²) in [6, 6.07) is 14.6. The Labute approximate surface area is 202 Å². The zero-order valence-electron chi connectivity index (χ0n) is 19.3. The van der Waals surface area contributed by atoms with Crippen LogP contribution in [0.4, 0.5) is 21.3 Å². The van der Waals surface area contributed by atoms with Crippen LogP contribution in [0.1, 0.15) is 15.4 Å². The van der Waals surface area contributed by atoms with Crippen LogP contribution in [0.2, 0.25) is 0 Å². The van der Waals surface area contributed by atoms with Crippen LogP contribution in [0, 0.1) is 6.92 Å². The number of methoxy groups -OCH3 is 2. The molecule has 2 N–H and O–H groups in total. The summed E-state index contributed by atoms with van der Waals surface area (Å²) in [5, 5.41) is 5.82. The summed E-state index contributed by atoms with van der Waals surface area (Å²) in [5.74, 6) is 1.31. The van der Waals surface area contributed by atoms with Crippen molar-refractivity contribution in [3.8, 4) is 11.5 Å². The van der Waals surface area contributed by atoms with Crippen molar-refractivity contribution in [3.63, 3.8) is 0 Å². The summed E-state index contributed by atoms with van der Waals surface area (Å²) >= 11 is 1.18. The Morgan fingerprint density at radius 3 is 2.32 bits per heavy atom. The maximum Gasteiger partial charge on any atom is 0.325 e. The maximum atomic E-state index is 13.1. The van der Waals surface area contributed by atoms with Crippen molar-refractivity contribution in [2.45, 2.75) is 6.92 Å². The standard InChI is InChI=1S/C24H27N5O4S/c1-16-21(34-24(25-16)27-23(31)26-19-6-4-5-7-20(19)33-3)22(30)29-14-12-28(13-15-29)17-8-10-18(32-2)11-9-17/h4-11H,12-15H2,1-3H3,(H2,25,26,27,31). The second-order valence-corrected chi connectivity index (χ2v) is 8.69. The highest BCUT2D eigenvalue weighted by molar-refractivity contribution is 7.17. The zero-order chi connectivity index (χ0) is 24.1. The van der Waals surface area contributed by atoms with Crippen LogP contribution in [0.3, 0.4) is 0 Å². The Morgan fingerprint density at radius 2 is 1.65 bits per heavy atom. The lowest BCUT2D eigenvalue weighted by atomic mass is 10.2. The molecule has 2 aromatic carbocycles. The van der Waals surface area contributed by atoms with E-state index in [1.165, 1.54) is 18.4 Å². The summed E-state index contributed by atoms with van der Waals surface area (Å²) in [6.07, 6.45) is 0. The molecule has 34 heavy (non-hydrogen) atoms. The van der Waals surface area contributed by atoms with Crippen molar-refractivity contribution in [3.05, 3.63) is 59.1 Å². The lowest BCUT2D eigenvalue weighted by Gasteiger charge is -2.36. The van der Waals surface area contributed by atoms with Crippen LogP contribution >= 0.6 is 11.3 Å². The molecule has 1 aliphatic heterocycles. The van der Waals surface area contributed by atoms with Crippen LogP contribution in [-0.2, 0) is 0 Å². The number of benzene rings is 2. The number of anilines is 3. The van der Waals surface area contributed by atoms with Gasteiger partial charge in [-0.1, -0.05) is 23.5 Å². The molecule has 1 saturated heterocycles. The summed E-state index contributed by atoms with van der Waals surface area (Å²) in [6.45, 7) is 4.48. The molecule has 2 heterocycles. The Bertz CT molecular complexity index is 1160. The number of hydrogen-bond acceptors (Lipinski definition) is 7. The average molecular weight is 482 g/mol. The molecule has 3 amide bonds. The number of nitrogens with one attached hydrogen (secondary N) is 2. The number of aromatic nitrogens is 1. The number of piperazine rings is 1. The Kier molecular flexibility index (Phi) is 7.17. The number of rotatable bonds is 6. The average Bonchev–Trinajstić information content (AvgIpc) is 3.23. The molecule has 3 aromatic rings. The topological polar surface area (TPSA) is 96.0 Å². The molecule has 0 unspecified atom stereocenters. The number of para-hydroxylation sites is 2. The zero-order valence-corrected chi connectivity index (χ0v) is 20.1. The fourth-order valence-corrected chi connectivity index (χ4v) is 4.68. The SMILES string of the molecule is COc1ccc(N2CCN(C(=O)c3sc(NC(=O)Nc4ccccc4OC)nc3C)CC2)cc1. The smallest absolute Gasteiger partial charge is 0.325 e. The second kappa shape index (κ2) is 10.4. The molecule has 9 nitrogen and oxygen atoms in total. The van der Waals surface area contributed by atoms with Crippen molar-refractivity contribution < 1.29 is 19.1 Å². The molecule has 4 rings (SSSR count). The van der Waals surface area contributed by atoms with Gasteiger partial charge in [-0.05, 0) is 43.3 Å². The molecular formula is C24H27N5O4S. The number of nitrogens with zero attached hydrogens (tertiary/aromatic N) is 3. The predicted octanol–water partition coefficient (Wildman–Crippen LogP) is 4.08. The van der Waals surface area contributed by atoms with E-state index in [-0.39, 0.29) is 5.91 Å². The number of ether oxygens (including phenoxy) is 2. The Hall–Kier alpha value is -3.79. The van der Waals surface area contributed by atoms with Gasteiger partial charge in [-0.3, -0.25) is 10.1 Å². The summed E-state index contributed by atoms with van der Waals surface area (Å²) in [4.78, 5) is 34.6. The van der Waals surface area contributed by atoms with E-state index < -0.39 is 6.03 Å². The quantitative estimate of drug-likeness (QED) is 0.551. The lowest BCUT2D eigenvalue weighted by molar-refractivity contribution is 0.0750. The lowest BCUT2D eigenvalue weighted by Crippen LogP contribution is -2.48. The molecule has 0 saturated carbocycles. The first kappa shape index (κ1) is 23.4. The third-order valence-electron chi connectivity index (χ3n) is 5.57. The van der Waals surface area contributed by atoms with Gasteiger partial charge in [0.1, 0.15) is 16.4 Å². The summed E-state index contributed by atoms with van der Waals surface area (Å²) in [7, 11) is 3.19. The molecular weight excluding hydrogens is 454 g/mol. The molecule has 1 aliphatic rings. The van der Waals surface area contributed by atoms with Gasteiger partial charge in [0.25, 0.3) is 5.91 Å². The number of urea groups is 1. The molecule has 0 bridgehead atoms. The van der Waals surface area contributed by atoms with E-state index in [2.05, 4.69) is 20.5 Å². The number of carbonyl (C=O) groups excluding carboxylic acids is 2. The Balaban J connectivity index is 1.35. The van der Waals surface area contributed by atoms with Gasteiger partial charge >= 0.3 is 6.03 Å². The largest absolute Gasteiger partial charge is 0.497 e. The number of aryl methyl sites for hydroxylation is 1. The van der Waals surface area contributed by atoms with Crippen LogP contribution in [0.15, 0.2) is 48.5 Å². The predicted molar refractivity (Wildman–Crippen MR) is 134 cm³/mol. The van der Waals surface area contributed by atoms with Crippen LogP contribution in [0.5, 0.6) is 11.5 Å². The number of carbonyl (C=O) groups is 2. The fourth-order valence-electron chi connectivity index (χ4n) is 3.75. The van der Waals surface area contributed by atoms with Gasteiger partial charge in [-0.2, -0.15) is 0 Å². The van der Waals surface area contributed by atoms with Gasteiger partial charge in [-0.15, -0.1) is 0 Å². The molecule has 0 radical (unpaired) electrons.